The molecule has 4 heteroatoms. The first-order valence-corrected chi connectivity index (χ1v) is 5.91. The van der Waals surface area contributed by atoms with E-state index in [0.717, 1.165) is 19.3 Å². The summed E-state index contributed by atoms with van der Waals surface area (Å²) in [6.45, 7) is 0.671. The van der Waals surface area contributed by atoms with Crippen molar-refractivity contribution >= 4 is 0 Å². The van der Waals surface area contributed by atoms with Crippen LogP contribution < -0.4 is 0 Å². The minimum atomic E-state index is -0.340. The van der Waals surface area contributed by atoms with Gasteiger partial charge in [-0.05, 0) is 30.9 Å². The molecule has 0 spiro atoms. The van der Waals surface area contributed by atoms with Gasteiger partial charge in [0, 0.05) is 12.2 Å². The summed E-state index contributed by atoms with van der Waals surface area (Å²) in [5, 5.41) is 9.13. The van der Waals surface area contributed by atoms with Crippen molar-refractivity contribution in [1.82, 2.24) is 0 Å². The summed E-state index contributed by atoms with van der Waals surface area (Å²) < 4.78 is 24.5. The van der Waals surface area contributed by atoms with Gasteiger partial charge in [0.05, 0.1) is 13.2 Å². The van der Waals surface area contributed by atoms with Crippen molar-refractivity contribution in [2.24, 2.45) is 0 Å². The molecule has 0 saturated carbocycles. The summed E-state index contributed by atoms with van der Waals surface area (Å²) in [4.78, 5) is 0. The summed E-state index contributed by atoms with van der Waals surface area (Å²) in [5.41, 5.74) is 0.991. The van der Waals surface area contributed by atoms with Crippen LogP contribution in [0.5, 0.6) is 0 Å². The van der Waals surface area contributed by atoms with Crippen molar-refractivity contribution in [3.63, 3.8) is 0 Å². The largest absolute Gasteiger partial charge is 0.392 e. The molecule has 0 bridgehead atoms. The van der Waals surface area contributed by atoms with Gasteiger partial charge in [-0.15, -0.1) is 0 Å². The zero-order valence-electron chi connectivity index (χ0n) is 9.69. The molecule has 0 amide bonds. The minimum Gasteiger partial charge on any atom is -0.392 e. The third-order valence-corrected chi connectivity index (χ3v) is 2.94. The van der Waals surface area contributed by atoms with Crippen LogP contribution in [-0.4, -0.2) is 18.0 Å². The van der Waals surface area contributed by atoms with Gasteiger partial charge in [0.15, 0.2) is 6.29 Å². The highest BCUT2D eigenvalue weighted by Gasteiger charge is 2.16. The second-order valence-corrected chi connectivity index (χ2v) is 4.14. The topological polar surface area (TPSA) is 38.7 Å². The Morgan fingerprint density at radius 2 is 2.29 bits per heavy atom. The zero-order valence-corrected chi connectivity index (χ0v) is 9.69. The van der Waals surface area contributed by atoms with E-state index in [1.54, 1.807) is 12.1 Å². The lowest BCUT2D eigenvalue weighted by Crippen LogP contribution is -2.22. The molecule has 94 valence electrons. The SMILES string of the molecule is OCc1cccc(F)c1COC1CCCCO1. The van der Waals surface area contributed by atoms with Gasteiger partial charge in [0.2, 0.25) is 0 Å². The van der Waals surface area contributed by atoms with E-state index in [9.17, 15) is 4.39 Å². The Balaban J connectivity index is 1.97. The fourth-order valence-corrected chi connectivity index (χ4v) is 1.93. The molecule has 1 aliphatic rings. The van der Waals surface area contributed by atoms with Gasteiger partial charge in [-0.1, -0.05) is 12.1 Å². The Bertz CT molecular complexity index is 362. The summed E-state index contributed by atoms with van der Waals surface area (Å²) in [5.74, 6) is -0.340. The van der Waals surface area contributed by atoms with Gasteiger partial charge in [0.1, 0.15) is 5.82 Å². The van der Waals surface area contributed by atoms with Gasteiger partial charge in [0.25, 0.3) is 0 Å². The maximum absolute atomic E-state index is 13.6. The predicted octanol–water partition coefficient (Wildman–Crippen LogP) is 2.36. The second-order valence-electron chi connectivity index (χ2n) is 4.14. The number of ether oxygens (including phenoxy) is 2. The number of hydrogen-bond acceptors (Lipinski definition) is 3. The van der Waals surface area contributed by atoms with Crippen LogP contribution in [-0.2, 0) is 22.7 Å². The fourth-order valence-electron chi connectivity index (χ4n) is 1.93. The molecule has 17 heavy (non-hydrogen) atoms. The lowest BCUT2D eigenvalue weighted by atomic mass is 10.1. The Labute approximate surface area is 100 Å². The van der Waals surface area contributed by atoms with Crippen molar-refractivity contribution in [3.8, 4) is 0 Å². The Morgan fingerprint density at radius 3 is 3.00 bits per heavy atom. The maximum atomic E-state index is 13.6. The Hall–Kier alpha value is -0.970. The van der Waals surface area contributed by atoms with Crippen molar-refractivity contribution in [3.05, 3.63) is 35.1 Å². The molecule has 1 N–H and O–H groups in total. The van der Waals surface area contributed by atoms with Crippen LogP contribution in [0.2, 0.25) is 0 Å². The number of aliphatic hydroxyl groups excluding tert-OH is 1. The summed E-state index contributed by atoms with van der Waals surface area (Å²) >= 11 is 0. The first-order valence-electron chi connectivity index (χ1n) is 5.91. The number of benzene rings is 1. The van der Waals surface area contributed by atoms with Crippen molar-refractivity contribution in [1.29, 1.82) is 0 Å². The van der Waals surface area contributed by atoms with Crippen LogP contribution in [0.4, 0.5) is 4.39 Å². The van der Waals surface area contributed by atoms with Gasteiger partial charge < -0.3 is 14.6 Å². The van der Waals surface area contributed by atoms with E-state index < -0.39 is 0 Å². The lowest BCUT2D eigenvalue weighted by molar-refractivity contribution is -0.169. The average molecular weight is 240 g/mol. The molecule has 0 aliphatic carbocycles. The molecular weight excluding hydrogens is 223 g/mol. The Kier molecular flexibility index (Phi) is 4.48. The van der Waals surface area contributed by atoms with E-state index in [1.807, 2.05) is 0 Å². The van der Waals surface area contributed by atoms with Crippen molar-refractivity contribution < 1.29 is 19.0 Å². The minimum absolute atomic E-state index is 0.146. The smallest absolute Gasteiger partial charge is 0.158 e. The molecular formula is C13H17FO3. The van der Waals surface area contributed by atoms with Crippen LogP contribution in [0.25, 0.3) is 0 Å². The number of halogens is 1. The predicted molar refractivity (Wildman–Crippen MR) is 60.7 cm³/mol. The standard InChI is InChI=1S/C13H17FO3/c14-12-5-3-4-10(8-15)11(12)9-17-13-6-1-2-7-16-13/h3-5,13,15H,1-2,6-9H2. The highest BCUT2D eigenvalue weighted by atomic mass is 19.1. The summed E-state index contributed by atoms with van der Waals surface area (Å²) in [6, 6.07) is 4.66. The molecule has 2 rings (SSSR count). The molecule has 1 aromatic rings. The van der Waals surface area contributed by atoms with Gasteiger partial charge in [-0.2, -0.15) is 0 Å². The first-order chi connectivity index (χ1) is 8.31. The van der Waals surface area contributed by atoms with E-state index in [2.05, 4.69) is 0 Å². The van der Waals surface area contributed by atoms with E-state index in [1.165, 1.54) is 6.07 Å². The van der Waals surface area contributed by atoms with Gasteiger partial charge in [-0.3, -0.25) is 0 Å². The molecule has 0 aromatic heterocycles. The monoisotopic (exact) mass is 240 g/mol. The number of rotatable bonds is 4. The highest BCUT2D eigenvalue weighted by molar-refractivity contribution is 5.27. The van der Waals surface area contributed by atoms with Crippen molar-refractivity contribution in [2.75, 3.05) is 6.61 Å². The van der Waals surface area contributed by atoms with Crippen LogP contribution in [0.15, 0.2) is 18.2 Å². The van der Waals surface area contributed by atoms with Gasteiger partial charge >= 0.3 is 0 Å². The quantitative estimate of drug-likeness (QED) is 0.878. The van der Waals surface area contributed by atoms with E-state index >= 15 is 0 Å². The van der Waals surface area contributed by atoms with Gasteiger partial charge in [-0.25, -0.2) is 4.39 Å². The zero-order chi connectivity index (χ0) is 12.1. The molecule has 1 fully saturated rings. The molecule has 1 aliphatic heterocycles. The number of hydrogen-bond donors (Lipinski definition) is 1. The molecule has 3 nitrogen and oxygen atoms in total. The summed E-state index contributed by atoms with van der Waals surface area (Å²) in [7, 11) is 0. The fraction of sp³-hybridized carbons (Fsp3) is 0.538. The van der Waals surface area contributed by atoms with Crippen LogP contribution >= 0.6 is 0 Å². The summed E-state index contributed by atoms with van der Waals surface area (Å²) in [6.07, 6.45) is 2.74. The third kappa shape index (κ3) is 3.25. The number of aliphatic hydroxyl groups is 1. The first kappa shape index (κ1) is 12.5. The average Bonchev–Trinajstić information content (AvgIpc) is 2.38. The third-order valence-electron chi connectivity index (χ3n) is 2.94. The normalized spacial score (nSPS) is 20.5. The van der Waals surface area contributed by atoms with Crippen LogP contribution in [0.1, 0.15) is 30.4 Å². The van der Waals surface area contributed by atoms with Crippen LogP contribution in [0.3, 0.4) is 0 Å². The maximum Gasteiger partial charge on any atom is 0.158 e. The second kappa shape index (κ2) is 6.10. The van der Waals surface area contributed by atoms with E-state index in [4.69, 9.17) is 14.6 Å². The molecule has 1 heterocycles. The molecule has 1 aromatic carbocycles. The highest BCUT2D eigenvalue weighted by Crippen LogP contribution is 2.19. The van der Waals surface area contributed by atoms with E-state index in [-0.39, 0.29) is 25.3 Å². The molecule has 1 atom stereocenters. The molecule has 0 radical (unpaired) electrons. The van der Waals surface area contributed by atoms with Crippen molar-refractivity contribution in [2.45, 2.75) is 38.8 Å². The lowest BCUT2D eigenvalue weighted by Gasteiger charge is -2.23. The Morgan fingerprint density at radius 1 is 1.41 bits per heavy atom. The van der Waals surface area contributed by atoms with E-state index in [0.29, 0.717) is 17.7 Å². The molecule has 1 unspecified atom stereocenters. The van der Waals surface area contributed by atoms with Crippen LogP contribution in [0, 0.1) is 5.82 Å². The molecule has 1 saturated heterocycles.